The van der Waals surface area contributed by atoms with Crippen molar-refractivity contribution in [1.29, 1.82) is 0 Å². The van der Waals surface area contributed by atoms with Gasteiger partial charge in [0.15, 0.2) is 15.8 Å². The van der Waals surface area contributed by atoms with Gasteiger partial charge in [-0.1, -0.05) is 26.0 Å². The Kier molecular flexibility index (Phi) is 5.00. The van der Waals surface area contributed by atoms with Crippen LogP contribution < -0.4 is 5.32 Å². The first-order valence-corrected chi connectivity index (χ1v) is 10.2. The van der Waals surface area contributed by atoms with Crippen molar-refractivity contribution < 1.29 is 8.42 Å². The number of aliphatic imine (C=N–C) groups is 1. The first-order chi connectivity index (χ1) is 11.0. The number of nitrogens with one attached hydrogen (secondary N) is 1. The second-order valence-electron chi connectivity index (χ2n) is 7.62. The number of hydrogen-bond acceptors (Lipinski definition) is 3. The van der Waals surface area contributed by atoms with E-state index in [1.165, 1.54) is 6.26 Å². The second-order valence-corrected chi connectivity index (χ2v) is 9.63. The third-order valence-corrected chi connectivity index (χ3v) is 6.37. The maximum absolute atomic E-state index is 11.5. The fraction of sp³-hybridized carbons (Fsp3) is 0.611. The maximum atomic E-state index is 11.5. The van der Waals surface area contributed by atoms with Crippen LogP contribution in [0.4, 0.5) is 0 Å². The molecule has 0 aromatic heterocycles. The number of guanidine groups is 1. The number of hydrogen-bond donors (Lipinski definition) is 1. The monoisotopic (exact) mass is 351 g/mol. The van der Waals surface area contributed by atoms with Crippen molar-refractivity contribution in [1.82, 2.24) is 10.2 Å². The molecule has 6 heteroatoms. The number of rotatable bonds is 4. The topological polar surface area (TPSA) is 61.8 Å². The largest absolute Gasteiger partial charge is 0.356 e. The van der Waals surface area contributed by atoms with Gasteiger partial charge in [-0.05, 0) is 38.5 Å². The SMILES string of the molecule is CCNC(=NCc1ccc(S(C)(=O)=O)cc1)N1CC(C)(C)C1(C)C. The van der Waals surface area contributed by atoms with Gasteiger partial charge in [0.25, 0.3) is 0 Å². The molecule has 2 rings (SSSR count). The zero-order chi connectivity index (χ0) is 18.2. The molecule has 24 heavy (non-hydrogen) atoms. The normalized spacial score (nSPS) is 19.8. The highest BCUT2D eigenvalue weighted by Gasteiger charge is 2.53. The predicted molar refractivity (Wildman–Crippen MR) is 98.9 cm³/mol. The highest BCUT2D eigenvalue weighted by molar-refractivity contribution is 7.90. The zero-order valence-electron chi connectivity index (χ0n) is 15.5. The number of likely N-dealkylation sites (tertiary alicyclic amines) is 1. The van der Waals surface area contributed by atoms with Crippen molar-refractivity contribution in [2.45, 2.75) is 51.6 Å². The third kappa shape index (κ3) is 3.58. The Morgan fingerprint density at radius 3 is 2.21 bits per heavy atom. The van der Waals surface area contributed by atoms with Gasteiger partial charge in [-0.3, -0.25) is 0 Å². The lowest BCUT2D eigenvalue weighted by atomic mass is 9.65. The van der Waals surface area contributed by atoms with Crippen LogP contribution in [0, 0.1) is 5.41 Å². The molecule has 1 aliphatic heterocycles. The van der Waals surface area contributed by atoms with Crippen molar-refractivity contribution in [3.05, 3.63) is 29.8 Å². The van der Waals surface area contributed by atoms with E-state index in [9.17, 15) is 8.42 Å². The summed E-state index contributed by atoms with van der Waals surface area (Å²) in [5.41, 5.74) is 1.30. The van der Waals surface area contributed by atoms with Crippen LogP contribution in [0.5, 0.6) is 0 Å². The van der Waals surface area contributed by atoms with E-state index in [0.717, 1.165) is 24.6 Å². The fourth-order valence-corrected chi connectivity index (χ4v) is 3.43. The molecule has 0 radical (unpaired) electrons. The lowest BCUT2D eigenvalue weighted by Crippen LogP contribution is -2.72. The van der Waals surface area contributed by atoms with Crippen molar-refractivity contribution >= 4 is 15.8 Å². The molecule has 1 saturated heterocycles. The van der Waals surface area contributed by atoms with Gasteiger partial charge in [0.2, 0.25) is 0 Å². The summed E-state index contributed by atoms with van der Waals surface area (Å²) in [6.07, 6.45) is 1.22. The fourth-order valence-electron chi connectivity index (χ4n) is 2.80. The summed E-state index contributed by atoms with van der Waals surface area (Å²) in [4.78, 5) is 7.39. The zero-order valence-corrected chi connectivity index (χ0v) is 16.4. The molecule has 0 unspecified atom stereocenters. The molecule has 5 nitrogen and oxygen atoms in total. The average molecular weight is 352 g/mol. The van der Waals surface area contributed by atoms with E-state index in [1.807, 2.05) is 12.1 Å². The predicted octanol–water partition coefficient (Wildman–Crippen LogP) is 2.68. The maximum Gasteiger partial charge on any atom is 0.194 e. The first kappa shape index (κ1) is 18.8. The quantitative estimate of drug-likeness (QED) is 0.669. The minimum atomic E-state index is -3.15. The summed E-state index contributed by atoms with van der Waals surface area (Å²) >= 11 is 0. The Morgan fingerprint density at radius 2 is 1.79 bits per heavy atom. The highest BCUT2D eigenvalue weighted by Crippen LogP contribution is 2.46. The molecule has 0 bridgehead atoms. The van der Waals surface area contributed by atoms with E-state index in [1.54, 1.807) is 12.1 Å². The minimum Gasteiger partial charge on any atom is -0.356 e. The molecule has 0 spiro atoms. The van der Waals surface area contributed by atoms with Gasteiger partial charge in [0.05, 0.1) is 11.4 Å². The third-order valence-electron chi connectivity index (χ3n) is 5.24. The minimum absolute atomic E-state index is 0.0498. The lowest BCUT2D eigenvalue weighted by Gasteiger charge is -2.62. The van der Waals surface area contributed by atoms with Crippen molar-refractivity contribution in [3.63, 3.8) is 0 Å². The summed E-state index contributed by atoms with van der Waals surface area (Å²) in [7, 11) is -3.15. The molecule has 0 atom stereocenters. The molecule has 1 aromatic rings. The molecular formula is C18H29N3O2S. The van der Waals surface area contributed by atoms with Crippen molar-refractivity contribution in [2.24, 2.45) is 10.4 Å². The second kappa shape index (κ2) is 6.39. The van der Waals surface area contributed by atoms with Crippen LogP contribution in [-0.4, -0.2) is 44.2 Å². The molecule has 134 valence electrons. The van der Waals surface area contributed by atoms with Gasteiger partial charge < -0.3 is 10.2 Å². The Hall–Kier alpha value is -1.56. The van der Waals surface area contributed by atoms with E-state index in [0.29, 0.717) is 11.4 Å². The lowest BCUT2D eigenvalue weighted by molar-refractivity contribution is -0.0667. The molecule has 1 aliphatic rings. The number of sulfone groups is 1. The van der Waals surface area contributed by atoms with E-state index in [4.69, 9.17) is 4.99 Å². The summed E-state index contributed by atoms with van der Waals surface area (Å²) < 4.78 is 23.0. The van der Waals surface area contributed by atoms with Crippen molar-refractivity contribution in [2.75, 3.05) is 19.3 Å². The van der Waals surface area contributed by atoms with E-state index in [-0.39, 0.29) is 11.0 Å². The highest BCUT2D eigenvalue weighted by atomic mass is 32.2. The molecular weight excluding hydrogens is 322 g/mol. The standard InChI is InChI=1S/C18H29N3O2S/c1-7-19-16(21-13-17(2,3)18(21,4)5)20-12-14-8-10-15(11-9-14)24(6,22)23/h8-11H,7,12-13H2,1-6H3,(H,19,20). The summed E-state index contributed by atoms with van der Waals surface area (Å²) in [6, 6.07) is 6.94. The van der Waals surface area contributed by atoms with Gasteiger partial charge in [-0.2, -0.15) is 0 Å². The van der Waals surface area contributed by atoms with Gasteiger partial charge in [-0.15, -0.1) is 0 Å². The molecule has 1 fully saturated rings. The molecule has 0 aliphatic carbocycles. The van der Waals surface area contributed by atoms with Gasteiger partial charge in [-0.25, -0.2) is 13.4 Å². The molecule has 0 saturated carbocycles. The average Bonchev–Trinajstić information content (AvgIpc) is 2.49. The van der Waals surface area contributed by atoms with Crippen LogP contribution in [-0.2, 0) is 16.4 Å². The Labute approximate surface area is 146 Å². The number of benzene rings is 1. The van der Waals surface area contributed by atoms with Crippen LogP contribution in [0.3, 0.4) is 0 Å². The molecule has 1 heterocycles. The Balaban J connectivity index is 2.15. The molecule has 0 amide bonds. The molecule has 1 aromatic carbocycles. The Morgan fingerprint density at radius 1 is 1.21 bits per heavy atom. The van der Waals surface area contributed by atoms with E-state index < -0.39 is 9.84 Å². The van der Waals surface area contributed by atoms with Crippen LogP contribution in [0.1, 0.15) is 40.2 Å². The van der Waals surface area contributed by atoms with Gasteiger partial charge in [0.1, 0.15) is 0 Å². The smallest absolute Gasteiger partial charge is 0.194 e. The van der Waals surface area contributed by atoms with Crippen LogP contribution in [0.15, 0.2) is 34.2 Å². The summed E-state index contributed by atoms with van der Waals surface area (Å²) in [5.74, 6) is 0.911. The number of nitrogens with zero attached hydrogens (tertiary/aromatic N) is 2. The first-order valence-electron chi connectivity index (χ1n) is 8.34. The Bertz CT molecular complexity index is 719. The summed E-state index contributed by atoms with van der Waals surface area (Å²) in [5, 5.41) is 3.36. The van der Waals surface area contributed by atoms with E-state index in [2.05, 4.69) is 44.8 Å². The van der Waals surface area contributed by atoms with Crippen LogP contribution >= 0.6 is 0 Å². The van der Waals surface area contributed by atoms with Gasteiger partial charge >= 0.3 is 0 Å². The summed E-state index contributed by atoms with van der Waals surface area (Å²) in [6.45, 7) is 13.4. The molecule has 1 N–H and O–H groups in total. The van der Waals surface area contributed by atoms with Gasteiger partial charge in [0, 0.05) is 30.3 Å². The van der Waals surface area contributed by atoms with Crippen LogP contribution in [0.2, 0.25) is 0 Å². The van der Waals surface area contributed by atoms with Crippen LogP contribution in [0.25, 0.3) is 0 Å². The van der Waals surface area contributed by atoms with Crippen molar-refractivity contribution in [3.8, 4) is 0 Å². The van der Waals surface area contributed by atoms with E-state index >= 15 is 0 Å².